The first-order valence-corrected chi connectivity index (χ1v) is 9.17. The van der Waals surface area contributed by atoms with E-state index in [0.29, 0.717) is 11.3 Å². The number of carbonyl (C=O) groups is 1. The number of nitrogens with one attached hydrogen (secondary N) is 1. The molecular formula is C20H14F5NO2S. The third-order valence-corrected chi connectivity index (χ3v) is 5.19. The highest BCUT2D eigenvalue weighted by atomic mass is 32.1. The summed E-state index contributed by atoms with van der Waals surface area (Å²) < 4.78 is 72.6. The fraction of sp³-hybridized carbons (Fsp3) is 0.150. The van der Waals surface area contributed by atoms with E-state index >= 15 is 0 Å². The summed E-state index contributed by atoms with van der Waals surface area (Å²) in [5.41, 5.74) is 1.37. The van der Waals surface area contributed by atoms with Gasteiger partial charge in [-0.15, -0.1) is 11.3 Å². The molecule has 0 aliphatic heterocycles. The van der Waals surface area contributed by atoms with Gasteiger partial charge in [-0.05, 0) is 48.6 Å². The highest BCUT2D eigenvalue weighted by Gasteiger charge is 2.27. The number of benzene rings is 2. The molecule has 0 aliphatic carbocycles. The van der Waals surface area contributed by atoms with Crippen molar-refractivity contribution in [2.24, 2.45) is 0 Å². The molecule has 3 nitrogen and oxygen atoms in total. The monoisotopic (exact) mass is 427 g/mol. The SMILES string of the molecule is Cc1ccc(OCc2csc(C(=O)Nc3c(F)c(F)c(F)c(F)c3F)c2)cc1C. The highest BCUT2D eigenvalue weighted by Crippen LogP contribution is 2.28. The number of halogens is 5. The second-order valence-corrected chi connectivity index (χ2v) is 7.16. The van der Waals surface area contributed by atoms with Gasteiger partial charge in [-0.3, -0.25) is 4.79 Å². The molecule has 3 aromatic rings. The van der Waals surface area contributed by atoms with Gasteiger partial charge in [0.1, 0.15) is 18.0 Å². The Morgan fingerprint density at radius 3 is 2.17 bits per heavy atom. The Labute approximate surface area is 166 Å². The minimum absolute atomic E-state index is 0.0210. The lowest BCUT2D eigenvalue weighted by atomic mass is 10.1. The molecule has 0 atom stereocenters. The van der Waals surface area contributed by atoms with E-state index in [-0.39, 0.29) is 11.5 Å². The molecule has 0 fully saturated rings. The molecule has 0 radical (unpaired) electrons. The van der Waals surface area contributed by atoms with Crippen LogP contribution >= 0.6 is 11.3 Å². The molecule has 3 rings (SSSR count). The van der Waals surface area contributed by atoms with E-state index in [9.17, 15) is 26.7 Å². The second kappa shape index (κ2) is 8.20. The minimum Gasteiger partial charge on any atom is -0.489 e. The van der Waals surface area contributed by atoms with Crippen LogP contribution in [0, 0.1) is 42.9 Å². The number of ether oxygens (including phenoxy) is 1. The lowest BCUT2D eigenvalue weighted by molar-refractivity contribution is 0.102. The Hall–Kier alpha value is -2.94. The smallest absolute Gasteiger partial charge is 0.265 e. The zero-order chi connectivity index (χ0) is 21.3. The summed E-state index contributed by atoms with van der Waals surface area (Å²) in [7, 11) is 0. The second-order valence-electron chi connectivity index (χ2n) is 6.25. The van der Waals surface area contributed by atoms with E-state index in [0.717, 1.165) is 22.5 Å². The van der Waals surface area contributed by atoms with E-state index in [1.54, 1.807) is 16.8 Å². The standard InChI is InChI=1S/C20H14F5NO2S/c1-9-3-4-12(5-10(9)2)28-7-11-6-13(29-8-11)20(27)26-19-17(24)15(22)14(21)16(23)18(19)25/h3-6,8H,7H2,1-2H3,(H,26,27). The zero-order valence-electron chi connectivity index (χ0n) is 15.2. The molecule has 1 aromatic heterocycles. The molecule has 1 heterocycles. The van der Waals surface area contributed by atoms with Crippen LogP contribution in [0.2, 0.25) is 0 Å². The normalized spacial score (nSPS) is 10.9. The van der Waals surface area contributed by atoms with Crippen LogP contribution in [0.5, 0.6) is 5.75 Å². The van der Waals surface area contributed by atoms with Crippen LogP contribution in [0.3, 0.4) is 0 Å². The average Bonchev–Trinajstić information content (AvgIpc) is 3.18. The van der Waals surface area contributed by atoms with Gasteiger partial charge in [0, 0.05) is 5.56 Å². The first-order chi connectivity index (χ1) is 13.7. The Balaban J connectivity index is 1.72. The molecule has 0 bridgehead atoms. The molecule has 0 saturated carbocycles. The Kier molecular flexibility index (Phi) is 5.88. The summed E-state index contributed by atoms with van der Waals surface area (Å²) in [4.78, 5) is 12.2. The van der Waals surface area contributed by atoms with Crippen LogP contribution in [0.25, 0.3) is 0 Å². The molecule has 1 amide bonds. The number of rotatable bonds is 5. The molecular weight excluding hydrogens is 413 g/mol. The van der Waals surface area contributed by atoms with Crippen LogP contribution in [0.4, 0.5) is 27.6 Å². The van der Waals surface area contributed by atoms with E-state index in [1.807, 2.05) is 26.0 Å². The third-order valence-electron chi connectivity index (χ3n) is 4.21. The van der Waals surface area contributed by atoms with Gasteiger partial charge in [0.05, 0.1) is 4.88 Å². The van der Waals surface area contributed by atoms with Gasteiger partial charge in [-0.1, -0.05) is 6.07 Å². The van der Waals surface area contributed by atoms with Gasteiger partial charge in [0.25, 0.3) is 5.91 Å². The predicted molar refractivity (Wildman–Crippen MR) is 98.8 cm³/mol. The van der Waals surface area contributed by atoms with Crippen LogP contribution in [0.1, 0.15) is 26.4 Å². The van der Waals surface area contributed by atoms with Crippen LogP contribution < -0.4 is 10.1 Å². The van der Waals surface area contributed by atoms with Gasteiger partial charge in [0.2, 0.25) is 5.82 Å². The molecule has 1 N–H and O–H groups in total. The van der Waals surface area contributed by atoms with Crippen molar-refractivity contribution in [2.75, 3.05) is 5.32 Å². The Morgan fingerprint density at radius 2 is 1.55 bits per heavy atom. The van der Waals surface area contributed by atoms with E-state index in [2.05, 4.69) is 0 Å². The quantitative estimate of drug-likeness (QED) is 0.313. The highest BCUT2D eigenvalue weighted by molar-refractivity contribution is 7.12. The summed E-state index contributed by atoms with van der Waals surface area (Å²) in [6.07, 6.45) is 0. The topological polar surface area (TPSA) is 38.3 Å². The van der Waals surface area contributed by atoms with E-state index < -0.39 is 40.7 Å². The maximum Gasteiger partial charge on any atom is 0.265 e. The summed E-state index contributed by atoms with van der Waals surface area (Å²) in [5, 5.41) is 3.33. The van der Waals surface area contributed by atoms with Crippen molar-refractivity contribution < 1.29 is 31.5 Å². The maximum atomic E-state index is 13.7. The molecule has 0 aliphatic rings. The van der Waals surface area contributed by atoms with Crippen LogP contribution in [0.15, 0.2) is 29.6 Å². The van der Waals surface area contributed by atoms with E-state index in [4.69, 9.17) is 4.74 Å². The van der Waals surface area contributed by atoms with Crippen molar-refractivity contribution in [1.82, 2.24) is 0 Å². The number of anilines is 1. The fourth-order valence-electron chi connectivity index (χ4n) is 2.43. The first kappa shape index (κ1) is 20.8. The third kappa shape index (κ3) is 4.24. The molecule has 2 aromatic carbocycles. The lowest BCUT2D eigenvalue weighted by Crippen LogP contribution is -2.16. The van der Waals surface area contributed by atoms with Crippen LogP contribution in [-0.4, -0.2) is 5.91 Å². The van der Waals surface area contributed by atoms with Crippen molar-refractivity contribution in [1.29, 1.82) is 0 Å². The number of hydrogen-bond acceptors (Lipinski definition) is 3. The van der Waals surface area contributed by atoms with Gasteiger partial charge in [0.15, 0.2) is 23.3 Å². The average molecular weight is 427 g/mol. The van der Waals surface area contributed by atoms with Gasteiger partial charge < -0.3 is 10.1 Å². The molecule has 29 heavy (non-hydrogen) atoms. The summed E-state index contributed by atoms with van der Waals surface area (Å²) in [6.45, 7) is 4.04. The number of amides is 1. The molecule has 0 saturated heterocycles. The first-order valence-electron chi connectivity index (χ1n) is 8.29. The Bertz CT molecular complexity index is 1070. The number of aryl methyl sites for hydroxylation is 2. The number of thiophene rings is 1. The minimum atomic E-state index is -2.29. The predicted octanol–water partition coefficient (Wildman–Crippen LogP) is 5.89. The molecule has 9 heteroatoms. The van der Waals surface area contributed by atoms with Crippen LogP contribution in [-0.2, 0) is 6.61 Å². The van der Waals surface area contributed by atoms with Crippen molar-refractivity contribution in [3.05, 3.63) is 80.3 Å². The van der Waals surface area contributed by atoms with Crippen molar-refractivity contribution in [3.8, 4) is 5.75 Å². The summed E-state index contributed by atoms with van der Waals surface area (Å²) in [6, 6.07) is 6.97. The van der Waals surface area contributed by atoms with E-state index in [1.165, 1.54) is 6.07 Å². The molecule has 0 unspecified atom stereocenters. The van der Waals surface area contributed by atoms with Gasteiger partial charge >= 0.3 is 0 Å². The van der Waals surface area contributed by atoms with Gasteiger partial charge in [-0.25, -0.2) is 22.0 Å². The fourth-order valence-corrected chi connectivity index (χ4v) is 3.22. The largest absolute Gasteiger partial charge is 0.489 e. The zero-order valence-corrected chi connectivity index (χ0v) is 16.0. The van der Waals surface area contributed by atoms with Crippen molar-refractivity contribution >= 4 is 22.9 Å². The van der Waals surface area contributed by atoms with Gasteiger partial charge in [-0.2, -0.15) is 0 Å². The summed E-state index contributed by atoms with van der Waals surface area (Å²) >= 11 is 0.942. The Morgan fingerprint density at radius 1 is 0.931 bits per heavy atom. The number of carbonyl (C=O) groups excluding carboxylic acids is 1. The maximum absolute atomic E-state index is 13.7. The summed E-state index contributed by atoms with van der Waals surface area (Å²) in [5.74, 6) is -11.1. The number of hydrogen-bond donors (Lipinski definition) is 1. The molecule has 0 spiro atoms. The van der Waals surface area contributed by atoms with Crippen molar-refractivity contribution in [3.63, 3.8) is 0 Å². The lowest BCUT2D eigenvalue weighted by Gasteiger charge is -2.09. The molecule has 152 valence electrons. The van der Waals surface area contributed by atoms with Crippen molar-refractivity contribution in [2.45, 2.75) is 20.5 Å².